The molecular formula is C28H22N4O4. The van der Waals surface area contributed by atoms with Gasteiger partial charge in [-0.2, -0.15) is 0 Å². The van der Waals surface area contributed by atoms with E-state index in [2.05, 4.69) is 10.2 Å². The van der Waals surface area contributed by atoms with Crippen LogP contribution in [0.3, 0.4) is 0 Å². The number of benzene rings is 3. The number of fused-ring (bicyclic) bond motifs is 4. The molecule has 6 rings (SSSR count). The first-order valence-corrected chi connectivity index (χ1v) is 11.4. The van der Waals surface area contributed by atoms with Gasteiger partial charge >= 0.3 is 5.97 Å². The highest BCUT2D eigenvalue weighted by Crippen LogP contribution is 2.57. The number of nitrogens with zero attached hydrogens (tertiary/aromatic N) is 2. The average Bonchev–Trinajstić information content (AvgIpc) is 3.44. The fourth-order valence-electron chi connectivity index (χ4n) is 5.24. The Hall–Kier alpha value is -4.85. The van der Waals surface area contributed by atoms with Crippen molar-refractivity contribution in [2.45, 2.75) is 12.0 Å². The third kappa shape index (κ3) is 2.91. The normalized spacial score (nSPS) is 18.1. The molecule has 0 bridgehead atoms. The number of methoxy groups -OCH3 is 1. The molecule has 3 heterocycles. The summed E-state index contributed by atoms with van der Waals surface area (Å²) in [5.41, 5.74) is 8.63. The molecule has 4 aromatic rings. The highest BCUT2D eigenvalue weighted by atomic mass is 16.5. The van der Waals surface area contributed by atoms with Gasteiger partial charge in [-0.3, -0.25) is 9.89 Å². The number of rotatable bonds is 4. The second kappa shape index (κ2) is 8.13. The highest BCUT2D eigenvalue weighted by molar-refractivity contribution is 6.19. The zero-order valence-electron chi connectivity index (χ0n) is 19.4. The summed E-state index contributed by atoms with van der Waals surface area (Å²) in [6.45, 7) is 0.307. The number of carbonyl (C=O) groups excluding carboxylic acids is 2. The number of amides is 1. The topological polar surface area (TPSA) is 111 Å². The van der Waals surface area contributed by atoms with E-state index in [1.54, 1.807) is 4.90 Å². The lowest BCUT2D eigenvalue weighted by Crippen LogP contribution is -2.48. The van der Waals surface area contributed by atoms with Crippen molar-refractivity contribution < 1.29 is 19.1 Å². The number of nitrogens with one attached hydrogen (secondary N) is 1. The molecule has 178 valence electrons. The summed E-state index contributed by atoms with van der Waals surface area (Å²) in [6.07, 6.45) is 0. The first-order chi connectivity index (χ1) is 17.6. The van der Waals surface area contributed by atoms with Crippen molar-refractivity contribution in [3.05, 3.63) is 113 Å². The molecule has 3 aromatic carbocycles. The van der Waals surface area contributed by atoms with Gasteiger partial charge in [0.05, 0.1) is 24.9 Å². The van der Waals surface area contributed by atoms with Crippen LogP contribution >= 0.6 is 0 Å². The maximum Gasteiger partial charge on any atom is 0.340 e. The molecule has 0 radical (unpaired) electrons. The van der Waals surface area contributed by atoms with E-state index in [0.717, 1.165) is 11.1 Å². The van der Waals surface area contributed by atoms with Crippen LogP contribution in [0.2, 0.25) is 0 Å². The number of carbonyl (C=O) groups is 2. The van der Waals surface area contributed by atoms with Gasteiger partial charge in [-0.15, -0.1) is 5.10 Å². The number of ether oxygens (including phenoxy) is 2. The molecule has 1 atom stereocenters. The lowest BCUT2D eigenvalue weighted by molar-refractivity contribution is -0.138. The number of aromatic amines is 1. The van der Waals surface area contributed by atoms with Crippen LogP contribution in [0.15, 0.2) is 96.4 Å². The average molecular weight is 479 g/mol. The summed E-state index contributed by atoms with van der Waals surface area (Å²) in [7, 11) is 1.26. The minimum atomic E-state index is -1.62. The van der Waals surface area contributed by atoms with Crippen LogP contribution in [-0.4, -0.2) is 29.2 Å². The Morgan fingerprint density at radius 3 is 2.42 bits per heavy atom. The molecule has 0 saturated heterocycles. The predicted molar refractivity (Wildman–Crippen MR) is 133 cm³/mol. The van der Waals surface area contributed by atoms with Gasteiger partial charge in [0.1, 0.15) is 11.0 Å². The largest absolute Gasteiger partial charge is 0.465 e. The maximum absolute atomic E-state index is 14.7. The number of H-pyrrole nitrogens is 1. The molecule has 2 aliphatic heterocycles. The van der Waals surface area contributed by atoms with Gasteiger partial charge in [0.15, 0.2) is 0 Å². The fraction of sp³-hybridized carbons (Fsp3) is 0.107. The SMILES string of the molecule is COC(=O)C1=C(N)Oc2n[nH]c(-c3ccccc3)c2[C@@]12C(=O)N(Cc1ccccc1)c1ccccc12. The maximum atomic E-state index is 14.7. The van der Waals surface area contributed by atoms with Crippen molar-refractivity contribution in [2.24, 2.45) is 5.73 Å². The van der Waals surface area contributed by atoms with E-state index < -0.39 is 11.4 Å². The number of aromatic nitrogens is 2. The van der Waals surface area contributed by atoms with Crippen LogP contribution in [0.25, 0.3) is 11.3 Å². The summed E-state index contributed by atoms with van der Waals surface area (Å²) in [4.78, 5) is 29.7. The standard InChI is InChI=1S/C28H22N4O4/c1-35-26(33)22-24(29)36-25-21(23(30-31-25)18-12-6-3-7-13-18)28(22)19-14-8-9-15-20(19)32(27(28)34)16-17-10-4-2-5-11-17/h2-15H,16,29H2,1H3,(H,30,31)/t28-/m1/s1. The van der Waals surface area contributed by atoms with Crippen LogP contribution in [0.5, 0.6) is 5.88 Å². The van der Waals surface area contributed by atoms with Gasteiger partial charge in [-0.1, -0.05) is 78.9 Å². The first kappa shape index (κ1) is 21.7. The van der Waals surface area contributed by atoms with Gasteiger partial charge < -0.3 is 20.1 Å². The minimum Gasteiger partial charge on any atom is -0.465 e. The first-order valence-electron chi connectivity index (χ1n) is 11.4. The monoisotopic (exact) mass is 478 g/mol. The van der Waals surface area contributed by atoms with E-state index in [1.807, 2.05) is 84.9 Å². The van der Waals surface area contributed by atoms with Gasteiger partial charge in [0, 0.05) is 16.8 Å². The van der Waals surface area contributed by atoms with Crippen molar-refractivity contribution in [1.82, 2.24) is 10.2 Å². The second-order valence-electron chi connectivity index (χ2n) is 8.62. The third-order valence-electron chi connectivity index (χ3n) is 6.74. The molecule has 0 aliphatic carbocycles. The number of esters is 1. The molecule has 0 unspecified atom stereocenters. The predicted octanol–water partition coefficient (Wildman–Crippen LogP) is 3.65. The summed E-state index contributed by atoms with van der Waals surface area (Å²) in [5.74, 6) is -1.16. The molecule has 8 nitrogen and oxygen atoms in total. The van der Waals surface area contributed by atoms with Crippen molar-refractivity contribution in [2.75, 3.05) is 12.0 Å². The van der Waals surface area contributed by atoms with Crippen molar-refractivity contribution >= 4 is 17.6 Å². The Kier molecular flexibility index (Phi) is 4.89. The van der Waals surface area contributed by atoms with Crippen LogP contribution in [0.1, 0.15) is 16.7 Å². The quantitative estimate of drug-likeness (QED) is 0.433. The molecule has 0 fully saturated rings. The van der Waals surface area contributed by atoms with Gasteiger partial charge in [0.2, 0.25) is 17.7 Å². The zero-order valence-corrected chi connectivity index (χ0v) is 19.4. The lowest BCUT2D eigenvalue weighted by atomic mass is 9.68. The molecule has 1 amide bonds. The van der Waals surface area contributed by atoms with Gasteiger partial charge in [0.25, 0.3) is 0 Å². The molecule has 2 aliphatic rings. The minimum absolute atomic E-state index is 0.0657. The van der Waals surface area contributed by atoms with Crippen molar-refractivity contribution in [1.29, 1.82) is 0 Å². The third-order valence-corrected chi connectivity index (χ3v) is 6.74. The van der Waals surface area contributed by atoms with Crippen LogP contribution in [-0.2, 0) is 26.3 Å². The van der Waals surface area contributed by atoms with E-state index in [4.69, 9.17) is 15.2 Å². The van der Waals surface area contributed by atoms with Crippen LogP contribution < -0.4 is 15.4 Å². The molecule has 1 spiro atoms. The van der Waals surface area contributed by atoms with Crippen molar-refractivity contribution in [3.63, 3.8) is 0 Å². The van der Waals surface area contributed by atoms with E-state index in [0.29, 0.717) is 29.1 Å². The Bertz CT molecular complexity index is 1530. The Morgan fingerprint density at radius 2 is 1.69 bits per heavy atom. The Balaban J connectivity index is 1.67. The molecule has 36 heavy (non-hydrogen) atoms. The summed E-state index contributed by atoms with van der Waals surface area (Å²) in [5, 5.41) is 7.37. The van der Waals surface area contributed by atoms with Crippen LogP contribution in [0, 0.1) is 0 Å². The molecule has 0 saturated carbocycles. The van der Waals surface area contributed by atoms with E-state index >= 15 is 0 Å². The molecule has 8 heteroatoms. The number of hydrogen-bond donors (Lipinski definition) is 2. The van der Waals surface area contributed by atoms with E-state index in [9.17, 15) is 9.59 Å². The summed E-state index contributed by atoms with van der Waals surface area (Å²) >= 11 is 0. The van der Waals surface area contributed by atoms with Gasteiger partial charge in [-0.25, -0.2) is 4.79 Å². The van der Waals surface area contributed by atoms with Crippen LogP contribution in [0.4, 0.5) is 5.69 Å². The highest BCUT2D eigenvalue weighted by Gasteiger charge is 2.62. The summed E-state index contributed by atoms with van der Waals surface area (Å²) in [6, 6.07) is 26.5. The number of para-hydroxylation sites is 1. The molecule has 1 aromatic heterocycles. The van der Waals surface area contributed by atoms with Gasteiger partial charge in [-0.05, 0) is 11.6 Å². The smallest absolute Gasteiger partial charge is 0.340 e. The Labute approximate surface area is 207 Å². The fourth-order valence-corrected chi connectivity index (χ4v) is 5.24. The number of nitrogens with two attached hydrogens (primary N) is 1. The Morgan fingerprint density at radius 1 is 1.03 bits per heavy atom. The second-order valence-corrected chi connectivity index (χ2v) is 8.62. The molecular weight excluding hydrogens is 456 g/mol. The molecule has 3 N–H and O–H groups in total. The zero-order chi connectivity index (χ0) is 24.9. The van der Waals surface area contributed by atoms with Crippen molar-refractivity contribution in [3.8, 4) is 17.1 Å². The van der Waals surface area contributed by atoms with E-state index in [-0.39, 0.29) is 23.2 Å². The van der Waals surface area contributed by atoms with E-state index in [1.165, 1.54) is 7.11 Å². The lowest BCUT2D eigenvalue weighted by Gasteiger charge is -2.34. The summed E-state index contributed by atoms with van der Waals surface area (Å²) < 4.78 is 11.0. The number of anilines is 1. The number of hydrogen-bond acceptors (Lipinski definition) is 6.